The first-order valence-corrected chi connectivity index (χ1v) is 13.0. The lowest BCUT2D eigenvalue weighted by Gasteiger charge is -2.01. The van der Waals surface area contributed by atoms with Crippen LogP contribution >= 0.6 is 0 Å². The molecular formula is C30H48O2. The second-order valence-electron chi connectivity index (χ2n) is 8.66. The van der Waals surface area contributed by atoms with Crippen LogP contribution in [0.1, 0.15) is 116 Å². The van der Waals surface area contributed by atoms with Crippen molar-refractivity contribution in [3.05, 3.63) is 36.5 Å². The van der Waals surface area contributed by atoms with Crippen LogP contribution in [0, 0.1) is 24.7 Å². The largest absolute Gasteiger partial charge is 0.377 e. The maximum atomic E-state index is 9.21. The smallest absolute Gasteiger partial charge is 0.133 e. The SMILES string of the molecule is C#CC(O)/C=C/CCCCCCCCC/C=C\CCCCCCCCC/C=C/C(O)C#C. The van der Waals surface area contributed by atoms with E-state index in [9.17, 15) is 10.2 Å². The summed E-state index contributed by atoms with van der Waals surface area (Å²) in [6.07, 6.45) is 43.7. The Labute approximate surface area is 199 Å². The second kappa shape index (κ2) is 25.5. The van der Waals surface area contributed by atoms with Crippen molar-refractivity contribution in [1.29, 1.82) is 0 Å². The first kappa shape index (κ1) is 30.3. The molecule has 0 rings (SSSR count). The molecule has 0 fully saturated rings. The fourth-order valence-electron chi connectivity index (χ4n) is 3.61. The monoisotopic (exact) mass is 440 g/mol. The molecular weight excluding hydrogens is 392 g/mol. The molecule has 0 saturated heterocycles. The van der Waals surface area contributed by atoms with Gasteiger partial charge in [0.2, 0.25) is 0 Å². The predicted octanol–water partition coefficient (Wildman–Crippen LogP) is 7.67. The molecule has 2 nitrogen and oxygen atoms in total. The normalized spacial score (nSPS) is 13.6. The van der Waals surface area contributed by atoms with Gasteiger partial charge in [0, 0.05) is 0 Å². The Kier molecular flexibility index (Phi) is 24.1. The number of aliphatic hydroxyl groups excluding tert-OH is 2. The lowest BCUT2D eigenvalue weighted by Crippen LogP contribution is -1.95. The van der Waals surface area contributed by atoms with Gasteiger partial charge in [0.1, 0.15) is 12.2 Å². The maximum Gasteiger partial charge on any atom is 0.133 e. The summed E-state index contributed by atoms with van der Waals surface area (Å²) >= 11 is 0. The van der Waals surface area contributed by atoms with Gasteiger partial charge < -0.3 is 10.2 Å². The van der Waals surface area contributed by atoms with Crippen molar-refractivity contribution in [2.24, 2.45) is 0 Å². The molecule has 180 valence electrons. The van der Waals surface area contributed by atoms with E-state index >= 15 is 0 Å². The van der Waals surface area contributed by atoms with Crippen molar-refractivity contribution < 1.29 is 10.2 Å². The van der Waals surface area contributed by atoms with Gasteiger partial charge in [0.25, 0.3) is 0 Å². The van der Waals surface area contributed by atoms with Crippen LogP contribution in [0.3, 0.4) is 0 Å². The topological polar surface area (TPSA) is 40.5 Å². The van der Waals surface area contributed by atoms with Gasteiger partial charge in [-0.05, 0) is 63.5 Å². The lowest BCUT2D eigenvalue weighted by atomic mass is 10.1. The molecule has 0 aliphatic carbocycles. The average Bonchev–Trinajstić information content (AvgIpc) is 2.81. The Hall–Kier alpha value is -1.74. The van der Waals surface area contributed by atoms with E-state index < -0.39 is 12.2 Å². The van der Waals surface area contributed by atoms with Crippen molar-refractivity contribution in [1.82, 2.24) is 0 Å². The van der Waals surface area contributed by atoms with E-state index in [0.29, 0.717) is 0 Å². The zero-order valence-corrected chi connectivity index (χ0v) is 20.4. The molecule has 0 bridgehead atoms. The van der Waals surface area contributed by atoms with Crippen LogP contribution in [0.25, 0.3) is 0 Å². The molecule has 0 amide bonds. The van der Waals surface area contributed by atoms with Crippen LogP contribution in [0.15, 0.2) is 36.5 Å². The van der Waals surface area contributed by atoms with E-state index in [2.05, 4.69) is 24.0 Å². The summed E-state index contributed by atoms with van der Waals surface area (Å²) in [5.41, 5.74) is 0. The summed E-state index contributed by atoms with van der Waals surface area (Å²) < 4.78 is 0. The number of hydrogen-bond acceptors (Lipinski definition) is 2. The van der Waals surface area contributed by atoms with Gasteiger partial charge in [-0.15, -0.1) is 12.8 Å². The fraction of sp³-hybridized carbons (Fsp3) is 0.667. The van der Waals surface area contributed by atoms with E-state index in [1.54, 1.807) is 12.2 Å². The predicted molar refractivity (Wildman–Crippen MR) is 140 cm³/mol. The van der Waals surface area contributed by atoms with Crippen LogP contribution in [0.2, 0.25) is 0 Å². The summed E-state index contributed by atoms with van der Waals surface area (Å²) in [7, 11) is 0. The molecule has 0 saturated carbocycles. The molecule has 0 aliphatic rings. The van der Waals surface area contributed by atoms with Crippen LogP contribution in [-0.4, -0.2) is 22.4 Å². The Balaban J connectivity index is 3.21. The molecule has 0 spiro atoms. The number of aliphatic hydroxyl groups is 2. The molecule has 2 atom stereocenters. The van der Waals surface area contributed by atoms with Gasteiger partial charge in [-0.3, -0.25) is 0 Å². The van der Waals surface area contributed by atoms with Gasteiger partial charge in [0.15, 0.2) is 0 Å². The first-order chi connectivity index (χ1) is 15.7. The molecule has 0 radical (unpaired) electrons. The Morgan fingerprint density at radius 2 is 0.688 bits per heavy atom. The number of hydrogen-bond donors (Lipinski definition) is 2. The Morgan fingerprint density at radius 3 is 0.969 bits per heavy atom. The molecule has 2 heteroatoms. The molecule has 0 aliphatic heterocycles. The van der Waals surface area contributed by atoms with E-state index in [0.717, 1.165) is 12.8 Å². The minimum absolute atomic E-state index is 0.721. The van der Waals surface area contributed by atoms with Crippen LogP contribution in [-0.2, 0) is 0 Å². The highest BCUT2D eigenvalue weighted by molar-refractivity contribution is 5.06. The molecule has 0 aromatic rings. The van der Waals surface area contributed by atoms with Gasteiger partial charge >= 0.3 is 0 Å². The molecule has 0 heterocycles. The highest BCUT2D eigenvalue weighted by Crippen LogP contribution is 2.12. The third-order valence-electron chi connectivity index (χ3n) is 5.63. The van der Waals surface area contributed by atoms with E-state index in [4.69, 9.17) is 12.8 Å². The number of allylic oxidation sites excluding steroid dienone is 4. The van der Waals surface area contributed by atoms with Gasteiger partial charge in [-0.25, -0.2) is 0 Å². The third-order valence-corrected chi connectivity index (χ3v) is 5.63. The molecule has 2 N–H and O–H groups in total. The van der Waals surface area contributed by atoms with Crippen LogP contribution in [0.5, 0.6) is 0 Å². The van der Waals surface area contributed by atoms with E-state index in [-0.39, 0.29) is 0 Å². The fourth-order valence-corrected chi connectivity index (χ4v) is 3.61. The average molecular weight is 441 g/mol. The molecule has 32 heavy (non-hydrogen) atoms. The lowest BCUT2D eigenvalue weighted by molar-refractivity contribution is 0.280. The number of terminal acetylenes is 2. The summed E-state index contributed by atoms with van der Waals surface area (Å²) in [5, 5.41) is 18.4. The maximum absolute atomic E-state index is 9.21. The summed E-state index contributed by atoms with van der Waals surface area (Å²) in [4.78, 5) is 0. The van der Waals surface area contributed by atoms with Crippen molar-refractivity contribution in [2.45, 2.75) is 128 Å². The summed E-state index contributed by atoms with van der Waals surface area (Å²) in [6, 6.07) is 0. The Bertz CT molecular complexity index is 508. The zero-order valence-electron chi connectivity index (χ0n) is 20.4. The highest BCUT2D eigenvalue weighted by Gasteiger charge is 1.94. The van der Waals surface area contributed by atoms with Crippen LogP contribution in [0.4, 0.5) is 0 Å². The zero-order chi connectivity index (χ0) is 23.5. The number of rotatable bonds is 22. The van der Waals surface area contributed by atoms with Crippen molar-refractivity contribution in [3.63, 3.8) is 0 Å². The molecule has 0 aromatic carbocycles. The summed E-state index contributed by atoms with van der Waals surface area (Å²) in [6.45, 7) is 0. The first-order valence-electron chi connectivity index (χ1n) is 13.0. The molecule has 2 unspecified atom stereocenters. The highest BCUT2D eigenvalue weighted by atomic mass is 16.3. The van der Waals surface area contributed by atoms with Gasteiger partial charge in [0.05, 0.1) is 0 Å². The van der Waals surface area contributed by atoms with Gasteiger partial charge in [-0.1, -0.05) is 100 Å². The minimum Gasteiger partial charge on any atom is -0.377 e. The van der Waals surface area contributed by atoms with E-state index in [1.165, 1.54) is 103 Å². The standard InChI is InChI=1S/C30H48O2/c1-3-29(31)27-25-23-21-19-17-15-13-11-9-7-5-6-8-10-12-14-16-18-20-22-24-26-28-30(32)4-2/h1-2,5-6,25-32H,7-24H2/b6-5-,27-25+,28-26+. The second-order valence-corrected chi connectivity index (χ2v) is 8.66. The van der Waals surface area contributed by atoms with E-state index in [1.807, 2.05) is 12.2 Å². The van der Waals surface area contributed by atoms with Crippen molar-refractivity contribution in [3.8, 4) is 24.7 Å². The minimum atomic E-state index is -0.721. The van der Waals surface area contributed by atoms with Gasteiger partial charge in [-0.2, -0.15) is 0 Å². The van der Waals surface area contributed by atoms with Crippen molar-refractivity contribution in [2.75, 3.05) is 0 Å². The summed E-state index contributed by atoms with van der Waals surface area (Å²) in [5.74, 6) is 4.57. The quantitative estimate of drug-likeness (QED) is 0.103. The Morgan fingerprint density at radius 1 is 0.438 bits per heavy atom. The number of unbranched alkanes of at least 4 members (excludes halogenated alkanes) is 16. The van der Waals surface area contributed by atoms with Crippen LogP contribution < -0.4 is 0 Å². The third kappa shape index (κ3) is 24.5. The molecule has 0 aromatic heterocycles. The van der Waals surface area contributed by atoms with Crippen molar-refractivity contribution >= 4 is 0 Å².